The number of nitrogens with zero attached hydrogens (tertiary/aromatic N) is 2. The summed E-state index contributed by atoms with van der Waals surface area (Å²) < 4.78 is 13.3. The van der Waals surface area contributed by atoms with Gasteiger partial charge in [0.1, 0.15) is 11.6 Å². The first-order valence-electron chi connectivity index (χ1n) is 7.24. The number of halogens is 1. The second-order valence-corrected chi connectivity index (χ2v) is 5.42. The van der Waals surface area contributed by atoms with Gasteiger partial charge in [0.15, 0.2) is 0 Å². The molecule has 0 saturated heterocycles. The highest BCUT2D eigenvalue weighted by Crippen LogP contribution is 2.26. The van der Waals surface area contributed by atoms with Gasteiger partial charge in [0, 0.05) is 25.2 Å². The van der Waals surface area contributed by atoms with E-state index < -0.39 is 0 Å². The second-order valence-electron chi connectivity index (χ2n) is 5.42. The molecule has 0 unspecified atom stereocenters. The molecule has 1 saturated carbocycles. The molecule has 0 atom stereocenters. The van der Waals surface area contributed by atoms with Gasteiger partial charge in [-0.2, -0.15) is 0 Å². The summed E-state index contributed by atoms with van der Waals surface area (Å²) in [6.07, 6.45) is 9.01. The highest BCUT2D eigenvalue weighted by atomic mass is 19.1. The van der Waals surface area contributed by atoms with E-state index >= 15 is 0 Å². The van der Waals surface area contributed by atoms with Crippen molar-refractivity contribution in [3.63, 3.8) is 0 Å². The predicted molar refractivity (Wildman–Crippen MR) is 76.9 cm³/mol. The van der Waals surface area contributed by atoms with Crippen LogP contribution in [0.15, 0.2) is 12.3 Å². The van der Waals surface area contributed by atoms with E-state index in [-0.39, 0.29) is 5.82 Å². The molecule has 4 heteroatoms. The van der Waals surface area contributed by atoms with Crippen LogP contribution in [-0.2, 0) is 6.54 Å². The van der Waals surface area contributed by atoms with Crippen LogP contribution < -0.4 is 10.2 Å². The Kier molecular flexibility index (Phi) is 5.14. The molecule has 1 heterocycles. The quantitative estimate of drug-likeness (QED) is 0.848. The summed E-state index contributed by atoms with van der Waals surface area (Å²) in [5, 5.41) is 3.09. The van der Waals surface area contributed by atoms with Crippen molar-refractivity contribution >= 4 is 5.82 Å². The van der Waals surface area contributed by atoms with E-state index in [9.17, 15) is 4.39 Å². The van der Waals surface area contributed by atoms with Gasteiger partial charge in [0.25, 0.3) is 0 Å². The van der Waals surface area contributed by atoms with E-state index in [2.05, 4.69) is 22.2 Å². The number of aromatic nitrogens is 1. The molecule has 0 aromatic carbocycles. The normalized spacial score (nSPS) is 17.2. The zero-order valence-corrected chi connectivity index (χ0v) is 12.0. The zero-order chi connectivity index (χ0) is 13.7. The fourth-order valence-corrected chi connectivity index (χ4v) is 2.93. The Bertz CT molecular complexity index is 400. The maximum atomic E-state index is 13.3. The van der Waals surface area contributed by atoms with Crippen molar-refractivity contribution in [3.05, 3.63) is 23.6 Å². The first-order valence-corrected chi connectivity index (χ1v) is 7.24. The SMILES string of the molecule is CNCc1cc(F)cnc1N(C)C1CCCCCC1. The fourth-order valence-electron chi connectivity index (χ4n) is 2.93. The molecule has 1 aromatic rings. The Labute approximate surface area is 115 Å². The highest BCUT2D eigenvalue weighted by molar-refractivity contribution is 5.47. The number of nitrogens with one attached hydrogen (secondary N) is 1. The molecule has 0 radical (unpaired) electrons. The van der Waals surface area contributed by atoms with Crippen molar-refractivity contribution in [3.8, 4) is 0 Å². The predicted octanol–water partition coefficient (Wildman–Crippen LogP) is 3.10. The number of hydrogen-bond donors (Lipinski definition) is 1. The monoisotopic (exact) mass is 265 g/mol. The zero-order valence-electron chi connectivity index (χ0n) is 12.0. The van der Waals surface area contributed by atoms with E-state index in [1.165, 1.54) is 44.7 Å². The Morgan fingerprint density at radius 1 is 1.32 bits per heavy atom. The van der Waals surface area contributed by atoms with Gasteiger partial charge >= 0.3 is 0 Å². The van der Waals surface area contributed by atoms with Gasteiger partial charge in [0.2, 0.25) is 0 Å². The summed E-state index contributed by atoms with van der Waals surface area (Å²) in [7, 11) is 3.97. The Hall–Kier alpha value is -1.16. The van der Waals surface area contributed by atoms with Gasteiger partial charge in [-0.3, -0.25) is 0 Å². The third kappa shape index (κ3) is 3.66. The molecule has 3 nitrogen and oxygen atoms in total. The largest absolute Gasteiger partial charge is 0.356 e. The van der Waals surface area contributed by atoms with Gasteiger partial charge in [-0.05, 0) is 26.0 Å². The maximum Gasteiger partial charge on any atom is 0.141 e. The lowest BCUT2D eigenvalue weighted by molar-refractivity contribution is 0.544. The van der Waals surface area contributed by atoms with Crippen LogP contribution in [0.5, 0.6) is 0 Å². The lowest BCUT2D eigenvalue weighted by atomic mass is 10.1. The molecule has 2 rings (SSSR count). The summed E-state index contributed by atoms with van der Waals surface area (Å²) in [4.78, 5) is 6.56. The van der Waals surface area contributed by atoms with Crippen LogP contribution in [0.25, 0.3) is 0 Å². The van der Waals surface area contributed by atoms with Crippen molar-refractivity contribution in [2.24, 2.45) is 0 Å². The molecule has 1 fully saturated rings. The molecule has 1 aliphatic carbocycles. The number of hydrogen-bond acceptors (Lipinski definition) is 3. The first kappa shape index (κ1) is 14.3. The summed E-state index contributed by atoms with van der Waals surface area (Å²) in [6.45, 7) is 0.650. The molecule has 0 amide bonds. The Morgan fingerprint density at radius 3 is 2.63 bits per heavy atom. The molecule has 106 valence electrons. The van der Waals surface area contributed by atoms with E-state index in [0.29, 0.717) is 12.6 Å². The molecule has 0 bridgehead atoms. The number of rotatable bonds is 4. The van der Waals surface area contributed by atoms with Crippen LogP contribution in [0.2, 0.25) is 0 Å². The lowest BCUT2D eigenvalue weighted by Gasteiger charge is -2.30. The molecule has 0 aliphatic heterocycles. The van der Waals surface area contributed by atoms with Crippen LogP contribution in [-0.4, -0.2) is 25.1 Å². The van der Waals surface area contributed by atoms with Crippen LogP contribution in [0.1, 0.15) is 44.1 Å². The van der Waals surface area contributed by atoms with Gasteiger partial charge in [0.05, 0.1) is 6.20 Å². The maximum absolute atomic E-state index is 13.3. The van der Waals surface area contributed by atoms with E-state index in [1.807, 2.05) is 7.05 Å². The van der Waals surface area contributed by atoms with E-state index in [4.69, 9.17) is 0 Å². The van der Waals surface area contributed by atoms with Crippen LogP contribution in [0, 0.1) is 5.82 Å². The Morgan fingerprint density at radius 2 is 2.00 bits per heavy atom. The van der Waals surface area contributed by atoms with Crippen LogP contribution >= 0.6 is 0 Å². The minimum atomic E-state index is -0.261. The summed E-state index contributed by atoms with van der Waals surface area (Å²) in [5.41, 5.74) is 0.939. The van der Waals surface area contributed by atoms with Crippen molar-refractivity contribution in [1.82, 2.24) is 10.3 Å². The topological polar surface area (TPSA) is 28.2 Å². The molecule has 1 N–H and O–H groups in total. The summed E-state index contributed by atoms with van der Waals surface area (Å²) >= 11 is 0. The van der Waals surface area contributed by atoms with Crippen molar-refractivity contribution in [1.29, 1.82) is 0 Å². The second kappa shape index (κ2) is 6.85. The third-order valence-electron chi connectivity index (χ3n) is 3.98. The van der Waals surface area contributed by atoms with Crippen molar-refractivity contribution in [2.75, 3.05) is 19.0 Å². The van der Waals surface area contributed by atoms with Gasteiger partial charge in [-0.1, -0.05) is 25.7 Å². The van der Waals surface area contributed by atoms with Crippen molar-refractivity contribution < 1.29 is 4.39 Å². The average molecular weight is 265 g/mol. The summed E-state index contributed by atoms with van der Waals surface area (Å²) in [5.74, 6) is 0.658. The molecular formula is C15H24FN3. The lowest BCUT2D eigenvalue weighted by Crippen LogP contribution is -2.33. The first-order chi connectivity index (χ1) is 9.22. The Balaban J connectivity index is 2.18. The molecule has 0 spiro atoms. The number of anilines is 1. The van der Waals surface area contributed by atoms with Gasteiger partial charge < -0.3 is 10.2 Å². The van der Waals surface area contributed by atoms with Gasteiger partial charge in [-0.15, -0.1) is 0 Å². The third-order valence-corrected chi connectivity index (χ3v) is 3.98. The standard InChI is InChI=1S/C15H24FN3/c1-17-10-12-9-13(16)11-18-15(12)19(2)14-7-5-3-4-6-8-14/h9,11,14,17H,3-8,10H2,1-2H3. The highest BCUT2D eigenvalue weighted by Gasteiger charge is 2.20. The average Bonchev–Trinajstić information content (AvgIpc) is 2.67. The van der Waals surface area contributed by atoms with Crippen molar-refractivity contribution in [2.45, 2.75) is 51.1 Å². The minimum Gasteiger partial charge on any atom is -0.356 e. The smallest absolute Gasteiger partial charge is 0.141 e. The molecule has 1 aliphatic rings. The fraction of sp³-hybridized carbons (Fsp3) is 0.667. The van der Waals surface area contributed by atoms with Crippen LogP contribution in [0.4, 0.5) is 10.2 Å². The van der Waals surface area contributed by atoms with E-state index in [1.54, 1.807) is 6.07 Å². The summed E-state index contributed by atoms with van der Waals surface area (Å²) in [6, 6.07) is 2.13. The minimum absolute atomic E-state index is 0.261. The van der Waals surface area contributed by atoms with Crippen LogP contribution in [0.3, 0.4) is 0 Å². The van der Waals surface area contributed by atoms with Gasteiger partial charge in [-0.25, -0.2) is 9.37 Å². The molecule has 1 aromatic heterocycles. The van der Waals surface area contributed by atoms with E-state index in [0.717, 1.165) is 11.4 Å². The molecular weight excluding hydrogens is 241 g/mol. The molecule has 19 heavy (non-hydrogen) atoms. The number of pyridine rings is 1.